The summed E-state index contributed by atoms with van der Waals surface area (Å²) in [5.74, 6) is -2.39. The number of carbonyl (C=O) groups is 4. The largest absolute Gasteiger partial charge is 0.480 e. The van der Waals surface area contributed by atoms with Gasteiger partial charge in [0.2, 0.25) is 17.7 Å². The van der Waals surface area contributed by atoms with Crippen molar-refractivity contribution in [3.05, 3.63) is 35.9 Å². The number of aliphatic carboxylic acids is 1. The lowest BCUT2D eigenvalue weighted by molar-refractivity contribution is -0.141. The van der Waals surface area contributed by atoms with Crippen LogP contribution in [0.1, 0.15) is 31.7 Å². The number of nitrogens with two attached hydrogens (primary N) is 3. The predicted octanol–water partition coefficient (Wildman–Crippen LogP) is -1.08. The first-order valence-electron chi connectivity index (χ1n) is 11.5. The van der Waals surface area contributed by atoms with Crippen molar-refractivity contribution in [3.63, 3.8) is 0 Å². The van der Waals surface area contributed by atoms with E-state index in [1.54, 1.807) is 36.0 Å². The number of carboxylic acids is 1. The lowest BCUT2D eigenvalue weighted by Crippen LogP contribution is -2.57. The second kappa shape index (κ2) is 16.4. The second-order valence-corrected chi connectivity index (χ2v) is 9.20. The van der Waals surface area contributed by atoms with Gasteiger partial charge in [-0.2, -0.15) is 11.8 Å². The first-order valence-corrected chi connectivity index (χ1v) is 12.9. The van der Waals surface area contributed by atoms with Gasteiger partial charge >= 0.3 is 5.97 Å². The molecule has 3 amide bonds. The summed E-state index contributed by atoms with van der Waals surface area (Å²) in [5, 5.41) is 16.9. The smallest absolute Gasteiger partial charge is 0.325 e. The first kappa shape index (κ1) is 30.7. The fraction of sp³-hybridized carbons (Fsp3) is 0.522. The topological polar surface area (TPSA) is 215 Å². The molecular formula is C23H37N7O5S. The van der Waals surface area contributed by atoms with Gasteiger partial charge in [-0.1, -0.05) is 30.3 Å². The Kier molecular flexibility index (Phi) is 14.0. The van der Waals surface area contributed by atoms with E-state index in [9.17, 15) is 19.2 Å². The third-order valence-electron chi connectivity index (χ3n) is 5.19. The van der Waals surface area contributed by atoms with Crippen LogP contribution in [-0.4, -0.2) is 77.5 Å². The number of hydrogen-bond donors (Lipinski definition) is 7. The molecule has 13 heteroatoms. The van der Waals surface area contributed by atoms with E-state index in [1.165, 1.54) is 6.92 Å². The number of benzene rings is 1. The first-order chi connectivity index (χ1) is 17.0. The number of nitrogens with zero attached hydrogens (tertiary/aromatic N) is 1. The Morgan fingerprint density at radius 2 is 1.58 bits per heavy atom. The molecule has 12 nitrogen and oxygen atoms in total. The Morgan fingerprint density at radius 3 is 2.17 bits per heavy atom. The van der Waals surface area contributed by atoms with Crippen LogP contribution in [-0.2, 0) is 25.6 Å². The molecule has 0 saturated heterocycles. The molecule has 0 aromatic heterocycles. The molecule has 10 N–H and O–H groups in total. The van der Waals surface area contributed by atoms with Crippen LogP contribution >= 0.6 is 11.8 Å². The molecule has 4 atom stereocenters. The highest BCUT2D eigenvalue weighted by molar-refractivity contribution is 7.98. The number of hydrogen-bond acceptors (Lipinski definition) is 7. The fourth-order valence-corrected chi connectivity index (χ4v) is 3.62. The molecule has 0 aliphatic carbocycles. The maximum atomic E-state index is 13.2. The number of amides is 3. The maximum absolute atomic E-state index is 13.2. The number of aliphatic imine (C=N–C) groups is 1. The average Bonchev–Trinajstić information content (AvgIpc) is 2.83. The summed E-state index contributed by atoms with van der Waals surface area (Å²) in [6.07, 6.45) is 3.01. The van der Waals surface area contributed by atoms with E-state index in [0.29, 0.717) is 18.6 Å². The van der Waals surface area contributed by atoms with Crippen LogP contribution in [0, 0.1) is 0 Å². The molecule has 4 unspecified atom stereocenters. The van der Waals surface area contributed by atoms with Crippen LogP contribution in [0.4, 0.5) is 0 Å². The zero-order chi connectivity index (χ0) is 27.1. The van der Waals surface area contributed by atoms with Crippen molar-refractivity contribution in [3.8, 4) is 0 Å². The van der Waals surface area contributed by atoms with E-state index >= 15 is 0 Å². The molecule has 0 spiro atoms. The van der Waals surface area contributed by atoms with Gasteiger partial charge in [0.05, 0.1) is 6.04 Å². The van der Waals surface area contributed by atoms with Crippen molar-refractivity contribution in [2.24, 2.45) is 22.2 Å². The molecule has 0 heterocycles. The Hall–Kier alpha value is -3.32. The summed E-state index contributed by atoms with van der Waals surface area (Å²) in [5.41, 5.74) is 17.4. The highest BCUT2D eigenvalue weighted by atomic mass is 32.2. The minimum Gasteiger partial charge on any atom is -0.480 e. The molecule has 36 heavy (non-hydrogen) atoms. The summed E-state index contributed by atoms with van der Waals surface area (Å²) < 4.78 is 0. The fourth-order valence-electron chi connectivity index (χ4n) is 3.13. The Labute approximate surface area is 215 Å². The normalized spacial score (nSPS) is 14.0. The summed E-state index contributed by atoms with van der Waals surface area (Å²) in [7, 11) is 0. The number of nitrogens with one attached hydrogen (secondary N) is 3. The van der Waals surface area contributed by atoms with Gasteiger partial charge < -0.3 is 38.3 Å². The third-order valence-corrected chi connectivity index (χ3v) is 5.84. The minimum atomic E-state index is -1.21. The van der Waals surface area contributed by atoms with Gasteiger partial charge in [-0.15, -0.1) is 0 Å². The average molecular weight is 524 g/mol. The summed E-state index contributed by atoms with van der Waals surface area (Å²) in [4.78, 5) is 53.8. The van der Waals surface area contributed by atoms with Crippen LogP contribution in [0.3, 0.4) is 0 Å². The lowest BCUT2D eigenvalue weighted by Gasteiger charge is -2.25. The standard InChI is InChI=1S/C23H37N7O5S/c1-14(22(34)35)28-21(33)18(13-15-7-4-3-5-8-15)30-20(32)17(9-6-11-27-23(25)26)29-19(31)16(24)10-12-36-2/h3-5,7-8,14,16-18H,6,9-13,24H2,1-2H3,(H,28,33)(H,29,31)(H,30,32)(H,34,35)(H4,25,26,27). The van der Waals surface area contributed by atoms with Gasteiger partial charge in [0.15, 0.2) is 5.96 Å². The van der Waals surface area contributed by atoms with E-state index in [2.05, 4.69) is 20.9 Å². The van der Waals surface area contributed by atoms with E-state index in [0.717, 1.165) is 5.56 Å². The third kappa shape index (κ3) is 11.9. The molecule has 0 aliphatic heterocycles. The number of carboxylic acid groups (broad SMARTS) is 1. The van der Waals surface area contributed by atoms with E-state index in [-0.39, 0.29) is 25.3 Å². The Morgan fingerprint density at radius 1 is 0.972 bits per heavy atom. The SMILES string of the molecule is CSCCC(N)C(=O)NC(CCCN=C(N)N)C(=O)NC(Cc1ccccc1)C(=O)NC(C)C(=O)O. The van der Waals surface area contributed by atoms with E-state index in [1.807, 2.05) is 12.3 Å². The lowest BCUT2D eigenvalue weighted by atomic mass is 10.0. The van der Waals surface area contributed by atoms with Crippen LogP contribution in [0.25, 0.3) is 0 Å². The predicted molar refractivity (Wildman–Crippen MR) is 140 cm³/mol. The summed E-state index contributed by atoms with van der Waals surface area (Å²) in [6.45, 7) is 1.56. The van der Waals surface area contributed by atoms with Crippen LogP contribution in [0.15, 0.2) is 35.3 Å². The highest BCUT2D eigenvalue weighted by Crippen LogP contribution is 2.07. The number of thioether (sulfide) groups is 1. The van der Waals surface area contributed by atoms with E-state index in [4.69, 9.17) is 22.3 Å². The summed E-state index contributed by atoms with van der Waals surface area (Å²) >= 11 is 1.55. The minimum absolute atomic E-state index is 0.0914. The van der Waals surface area contributed by atoms with Crippen LogP contribution < -0.4 is 33.2 Å². The molecule has 200 valence electrons. The van der Waals surface area contributed by atoms with Crippen molar-refractivity contribution < 1.29 is 24.3 Å². The highest BCUT2D eigenvalue weighted by Gasteiger charge is 2.29. The molecular weight excluding hydrogens is 486 g/mol. The van der Waals surface area contributed by atoms with Crippen molar-refractivity contribution >= 4 is 41.4 Å². The molecule has 1 aromatic carbocycles. The van der Waals surface area contributed by atoms with Crippen LogP contribution in [0.5, 0.6) is 0 Å². The van der Waals surface area contributed by atoms with Crippen molar-refractivity contribution in [1.82, 2.24) is 16.0 Å². The van der Waals surface area contributed by atoms with Gasteiger partial charge in [-0.25, -0.2) is 0 Å². The molecule has 1 rings (SSSR count). The molecule has 0 bridgehead atoms. The maximum Gasteiger partial charge on any atom is 0.325 e. The molecule has 1 aromatic rings. The van der Waals surface area contributed by atoms with Gasteiger partial charge in [0.25, 0.3) is 0 Å². The molecule has 0 radical (unpaired) electrons. The van der Waals surface area contributed by atoms with Crippen molar-refractivity contribution in [1.29, 1.82) is 0 Å². The number of rotatable bonds is 16. The summed E-state index contributed by atoms with van der Waals surface area (Å²) in [6, 6.07) is 4.91. The van der Waals surface area contributed by atoms with Crippen LogP contribution in [0.2, 0.25) is 0 Å². The van der Waals surface area contributed by atoms with Gasteiger partial charge in [0.1, 0.15) is 18.1 Å². The Bertz CT molecular complexity index is 896. The molecule has 0 aliphatic rings. The van der Waals surface area contributed by atoms with Gasteiger partial charge in [0, 0.05) is 13.0 Å². The molecule has 0 fully saturated rings. The van der Waals surface area contributed by atoms with Crippen molar-refractivity contribution in [2.75, 3.05) is 18.6 Å². The number of guanidine groups is 1. The number of carbonyl (C=O) groups excluding carboxylic acids is 3. The quantitative estimate of drug-likeness (QED) is 0.0795. The monoisotopic (exact) mass is 523 g/mol. The molecule has 0 saturated carbocycles. The second-order valence-electron chi connectivity index (χ2n) is 8.22. The zero-order valence-corrected chi connectivity index (χ0v) is 21.4. The van der Waals surface area contributed by atoms with Gasteiger partial charge in [-0.3, -0.25) is 24.2 Å². The van der Waals surface area contributed by atoms with E-state index < -0.39 is 47.9 Å². The zero-order valence-electron chi connectivity index (χ0n) is 20.6. The van der Waals surface area contributed by atoms with Crippen molar-refractivity contribution in [2.45, 2.75) is 56.8 Å². The Balaban J connectivity index is 3.05. The van der Waals surface area contributed by atoms with Gasteiger partial charge in [-0.05, 0) is 43.8 Å².